The van der Waals surface area contributed by atoms with Crippen LogP contribution in [0.2, 0.25) is 10.1 Å². The number of nitrogens with one attached hydrogen (secondary N) is 1. The van der Waals surface area contributed by atoms with Gasteiger partial charge in [0.15, 0.2) is 0 Å². The molecule has 0 radical (unpaired) electrons. The summed E-state index contributed by atoms with van der Waals surface area (Å²) in [7, 11) is -2.61. The molecular formula is C42H42ClFN6O3Si. The molecule has 0 atom stereocenters. The third-order valence-electron chi connectivity index (χ3n) is 9.83. The van der Waals surface area contributed by atoms with Crippen molar-refractivity contribution in [3.05, 3.63) is 132 Å². The Hall–Kier alpha value is -5.20. The summed E-state index contributed by atoms with van der Waals surface area (Å²) in [6, 6.07) is 34.5. The Bertz CT molecular complexity index is 2190. The number of nitrogens with zero attached hydrogens (tertiary/aromatic N) is 5. The van der Waals surface area contributed by atoms with Crippen molar-refractivity contribution in [3.63, 3.8) is 0 Å². The van der Waals surface area contributed by atoms with E-state index in [0.717, 1.165) is 30.7 Å². The second kappa shape index (κ2) is 16.0. The zero-order valence-corrected chi connectivity index (χ0v) is 32.3. The third-order valence-corrected chi connectivity index (χ3v) is 15.1. The lowest BCUT2D eigenvalue weighted by Crippen LogP contribution is -2.67. The van der Waals surface area contributed by atoms with Gasteiger partial charge in [-0.2, -0.15) is 10.2 Å². The average Bonchev–Trinajstić information content (AvgIpc) is 3.18. The van der Waals surface area contributed by atoms with Crippen LogP contribution in [0.3, 0.4) is 0 Å². The standard InChI is InChI=1S/C42H42ClFN6O3Si/c1-42(2,3)54(33-10-6-4-7-11-33,34-12-8-5-9-13-34)52-25-24-49-20-22-50(23-21-49)41(51)53-32-15-16-35-38(18-19-45-39(35)28-32)47-31-27-40(48-46-29-31)36-26-30(43)14-17-37(36)44/h4-19,26-29H,20-25H2,1-3H3,(H,45,47,48). The van der Waals surface area contributed by atoms with Gasteiger partial charge in [-0.15, -0.1) is 0 Å². The molecule has 54 heavy (non-hydrogen) atoms. The number of pyridine rings is 1. The van der Waals surface area contributed by atoms with Gasteiger partial charge in [-0.25, -0.2) is 9.18 Å². The number of benzene rings is 4. The molecule has 4 aromatic carbocycles. The highest BCUT2D eigenvalue weighted by molar-refractivity contribution is 6.99. The van der Waals surface area contributed by atoms with Crippen LogP contribution in [0.4, 0.5) is 20.6 Å². The van der Waals surface area contributed by atoms with Crippen LogP contribution in [0, 0.1) is 5.82 Å². The van der Waals surface area contributed by atoms with Crippen molar-refractivity contribution in [1.82, 2.24) is 25.0 Å². The van der Waals surface area contributed by atoms with E-state index < -0.39 is 20.2 Å². The highest BCUT2D eigenvalue weighted by Crippen LogP contribution is 2.37. The molecule has 1 aliphatic rings. The summed E-state index contributed by atoms with van der Waals surface area (Å²) in [4.78, 5) is 21.9. The molecule has 0 saturated carbocycles. The highest BCUT2D eigenvalue weighted by atomic mass is 35.5. The maximum absolute atomic E-state index is 14.5. The second-order valence-electron chi connectivity index (χ2n) is 14.3. The Morgan fingerprint density at radius 1 is 0.889 bits per heavy atom. The van der Waals surface area contributed by atoms with Crippen LogP contribution in [0.1, 0.15) is 20.8 Å². The van der Waals surface area contributed by atoms with Crippen molar-refractivity contribution < 1.29 is 18.3 Å². The molecule has 276 valence electrons. The molecule has 2 aromatic heterocycles. The number of halogens is 2. The maximum atomic E-state index is 14.5. The van der Waals surface area contributed by atoms with E-state index in [9.17, 15) is 9.18 Å². The van der Waals surface area contributed by atoms with Gasteiger partial charge in [0.2, 0.25) is 0 Å². The highest BCUT2D eigenvalue weighted by Gasteiger charge is 2.50. The fourth-order valence-corrected chi connectivity index (χ4v) is 11.9. The number of carbonyl (C=O) groups is 1. The van der Waals surface area contributed by atoms with E-state index in [2.05, 4.69) is 107 Å². The molecule has 3 heterocycles. The lowest BCUT2D eigenvalue weighted by Gasteiger charge is -2.43. The minimum absolute atomic E-state index is 0.0876. The number of ether oxygens (including phenoxy) is 1. The number of aromatic nitrogens is 3. The predicted octanol–water partition coefficient (Wildman–Crippen LogP) is 7.92. The van der Waals surface area contributed by atoms with Gasteiger partial charge in [-0.05, 0) is 57.9 Å². The van der Waals surface area contributed by atoms with Gasteiger partial charge in [-0.1, -0.05) is 93.0 Å². The van der Waals surface area contributed by atoms with Gasteiger partial charge in [-0.3, -0.25) is 9.88 Å². The SMILES string of the molecule is CC(C)(C)[Si](OCCN1CCN(C(=O)Oc2ccc3c(Nc4cnnc(-c5cc(Cl)ccc5F)c4)ccnc3c2)CC1)(c1ccccc1)c1ccccc1. The normalized spacial score (nSPS) is 13.9. The molecule has 1 N–H and O–H groups in total. The summed E-state index contributed by atoms with van der Waals surface area (Å²) < 4.78 is 27.4. The van der Waals surface area contributed by atoms with Crippen LogP contribution in [-0.2, 0) is 4.43 Å². The van der Waals surface area contributed by atoms with Crippen molar-refractivity contribution in [2.75, 3.05) is 44.6 Å². The molecule has 1 saturated heterocycles. The minimum atomic E-state index is -2.61. The number of rotatable bonds is 10. The summed E-state index contributed by atoms with van der Waals surface area (Å²) in [6.45, 7) is 10.8. The van der Waals surface area contributed by atoms with Gasteiger partial charge in [0.05, 0.1) is 23.1 Å². The van der Waals surface area contributed by atoms with E-state index >= 15 is 0 Å². The lowest BCUT2D eigenvalue weighted by atomic mass is 10.1. The Labute approximate surface area is 320 Å². The van der Waals surface area contributed by atoms with Gasteiger partial charge >= 0.3 is 6.09 Å². The van der Waals surface area contributed by atoms with Crippen molar-refractivity contribution in [2.45, 2.75) is 25.8 Å². The molecular weight excluding hydrogens is 719 g/mol. The number of piperazine rings is 1. The number of amides is 1. The van der Waals surface area contributed by atoms with Gasteiger partial charge < -0.3 is 19.4 Å². The van der Waals surface area contributed by atoms with E-state index in [1.807, 2.05) is 12.1 Å². The fraction of sp³-hybridized carbons (Fsp3) is 0.238. The molecule has 9 nitrogen and oxygen atoms in total. The number of carbonyl (C=O) groups excluding carboxylic acids is 1. The number of fused-ring (bicyclic) bond motifs is 1. The lowest BCUT2D eigenvalue weighted by molar-refractivity contribution is 0.102. The van der Waals surface area contributed by atoms with Crippen LogP contribution in [0.5, 0.6) is 5.75 Å². The van der Waals surface area contributed by atoms with Crippen LogP contribution in [-0.4, -0.2) is 78.7 Å². The quantitative estimate of drug-likeness (QED) is 0.141. The third kappa shape index (κ3) is 8.00. The first-order valence-electron chi connectivity index (χ1n) is 18.0. The van der Waals surface area contributed by atoms with Gasteiger partial charge in [0.25, 0.3) is 8.32 Å². The molecule has 0 unspecified atom stereocenters. The first kappa shape index (κ1) is 37.1. The van der Waals surface area contributed by atoms with Gasteiger partial charge in [0, 0.05) is 73.3 Å². The topological polar surface area (TPSA) is 92.7 Å². The fourth-order valence-electron chi connectivity index (χ4n) is 7.13. The first-order chi connectivity index (χ1) is 26.1. The predicted molar refractivity (Wildman–Crippen MR) is 215 cm³/mol. The van der Waals surface area contributed by atoms with E-state index in [0.29, 0.717) is 47.4 Å². The summed E-state index contributed by atoms with van der Waals surface area (Å²) in [5.74, 6) is -0.0384. The Kier molecular flexibility index (Phi) is 11.0. The van der Waals surface area contributed by atoms with Crippen molar-refractivity contribution >= 4 is 58.7 Å². The minimum Gasteiger partial charge on any atom is -0.410 e. The van der Waals surface area contributed by atoms with E-state index in [1.165, 1.54) is 28.6 Å². The molecule has 6 aromatic rings. The summed E-state index contributed by atoms with van der Waals surface area (Å²) in [6.07, 6.45) is 2.83. The monoisotopic (exact) mass is 760 g/mol. The summed E-state index contributed by atoms with van der Waals surface area (Å²) in [5, 5.41) is 15.1. The summed E-state index contributed by atoms with van der Waals surface area (Å²) in [5.41, 5.74) is 2.59. The van der Waals surface area contributed by atoms with Crippen LogP contribution >= 0.6 is 11.6 Å². The zero-order chi connectivity index (χ0) is 37.7. The Morgan fingerprint density at radius 2 is 1.59 bits per heavy atom. The largest absolute Gasteiger partial charge is 0.415 e. The van der Waals surface area contributed by atoms with Crippen LogP contribution in [0.15, 0.2) is 122 Å². The molecule has 12 heteroatoms. The van der Waals surface area contributed by atoms with Crippen molar-refractivity contribution in [2.24, 2.45) is 0 Å². The Balaban J connectivity index is 0.961. The van der Waals surface area contributed by atoms with Gasteiger partial charge in [0.1, 0.15) is 11.6 Å². The molecule has 0 spiro atoms. The molecule has 7 rings (SSSR count). The van der Waals surface area contributed by atoms with Crippen molar-refractivity contribution in [1.29, 1.82) is 0 Å². The maximum Gasteiger partial charge on any atom is 0.415 e. The van der Waals surface area contributed by atoms with E-state index in [1.54, 1.807) is 35.5 Å². The molecule has 1 fully saturated rings. The Morgan fingerprint density at radius 3 is 2.28 bits per heavy atom. The number of hydrogen-bond acceptors (Lipinski definition) is 8. The molecule has 1 aliphatic heterocycles. The molecule has 0 aliphatic carbocycles. The van der Waals surface area contributed by atoms with Crippen LogP contribution in [0.25, 0.3) is 22.2 Å². The van der Waals surface area contributed by atoms with Crippen LogP contribution < -0.4 is 20.4 Å². The second-order valence-corrected chi connectivity index (χ2v) is 19.1. The molecule has 1 amide bonds. The number of hydrogen-bond donors (Lipinski definition) is 1. The smallest absolute Gasteiger partial charge is 0.410 e. The first-order valence-corrected chi connectivity index (χ1v) is 20.3. The van der Waals surface area contributed by atoms with E-state index in [4.69, 9.17) is 20.8 Å². The summed E-state index contributed by atoms with van der Waals surface area (Å²) >= 11 is 6.09. The number of anilines is 2. The molecule has 0 bridgehead atoms. The average molecular weight is 761 g/mol. The van der Waals surface area contributed by atoms with Crippen molar-refractivity contribution in [3.8, 4) is 17.0 Å². The zero-order valence-electron chi connectivity index (χ0n) is 30.5. The van der Waals surface area contributed by atoms with E-state index in [-0.39, 0.29) is 10.6 Å².